The predicted molar refractivity (Wildman–Crippen MR) is 83.1 cm³/mol. The van der Waals surface area contributed by atoms with Crippen molar-refractivity contribution in [2.75, 3.05) is 33.3 Å². The van der Waals surface area contributed by atoms with Crippen LogP contribution in [0.1, 0.15) is 18.4 Å². The zero-order valence-electron chi connectivity index (χ0n) is 12.7. The number of hydrogen-bond donors (Lipinski definition) is 2. The Morgan fingerprint density at radius 3 is 3.14 bits per heavy atom. The lowest BCUT2D eigenvalue weighted by molar-refractivity contribution is -0.122. The molecule has 5 heteroatoms. The number of benzene rings is 1. The summed E-state index contributed by atoms with van der Waals surface area (Å²) in [4.78, 5) is 14.2. The maximum absolute atomic E-state index is 12.0. The molecule has 1 aromatic rings. The SMILES string of the molecule is COc1cccc(CNC(=O)CN2CCCC(CN)C2)c1. The van der Waals surface area contributed by atoms with Gasteiger partial charge in [0.25, 0.3) is 0 Å². The number of methoxy groups -OCH3 is 1. The van der Waals surface area contributed by atoms with Crippen LogP contribution in [0.2, 0.25) is 0 Å². The number of nitrogens with two attached hydrogens (primary N) is 1. The molecule has 1 atom stereocenters. The second-order valence-corrected chi connectivity index (χ2v) is 5.61. The van der Waals surface area contributed by atoms with Crippen molar-refractivity contribution >= 4 is 5.91 Å². The van der Waals surface area contributed by atoms with Crippen LogP contribution in [0, 0.1) is 5.92 Å². The van der Waals surface area contributed by atoms with Crippen molar-refractivity contribution in [3.8, 4) is 5.75 Å². The van der Waals surface area contributed by atoms with E-state index in [4.69, 9.17) is 10.5 Å². The molecule has 1 amide bonds. The van der Waals surface area contributed by atoms with Gasteiger partial charge in [-0.3, -0.25) is 9.69 Å². The van der Waals surface area contributed by atoms with E-state index in [9.17, 15) is 4.79 Å². The van der Waals surface area contributed by atoms with Crippen molar-refractivity contribution in [1.82, 2.24) is 10.2 Å². The van der Waals surface area contributed by atoms with Gasteiger partial charge in [0.2, 0.25) is 5.91 Å². The molecule has 116 valence electrons. The van der Waals surface area contributed by atoms with Crippen LogP contribution in [0.5, 0.6) is 5.75 Å². The third-order valence-electron chi connectivity index (χ3n) is 3.93. The molecule has 1 unspecified atom stereocenters. The number of carbonyl (C=O) groups excluding carboxylic acids is 1. The third kappa shape index (κ3) is 5.02. The number of hydrogen-bond acceptors (Lipinski definition) is 4. The Morgan fingerprint density at radius 2 is 2.38 bits per heavy atom. The van der Waals surface area contributed by atoms with E-state index in [0.717, 1.165) is 30.8 Å². The zero-order valence-corrected chi connectivity index (χ0v) is 12.7. The van der Waals surface area contributed by atoms with E-state index in [1.165, 1.54) is 6.42 Å². The molecular formula is C16H25N3O2. The molecule has 2 rings (SSSR count). The second kappa shape index (κ2) is 8.00. The molecule has 0 bridgehead atoms. The molecule has 5 nitrogen and oxygen atoms in total. The van der Waals surface area contributed by atoms with Gasteiger partial charge in [0.15, 0.2) is 0 Å². The minimum atomic E-state index is 0.0653. The fraction of sp³-hybridized carbons (Fsp3) is 0.562. The summed E-state index contributed by atoms with van der Waals surface area (Å²) in [6.45, 7) is 3.62. The molecule has 0 radical (unpaired) electrons. The summed E-state index contributed by atoms with van der Waals surface area (Å²) in [5.74, 6) is 1.41. The quantitative estimate of drug-likeness (QED) is 0.820. The lowest BCUT2D eigenvalue weighted by Gasteiger charge is -2.31. The number of amides is 1. The summed E-state index contributed by atoms with van der Waals surface area (Å²) in [6, 6.07) is 7.74. The van der Waals surface area contributed by atoms with Crippen molar-refractivity contribution in [3.05, 3.63) is 29.8 Å². The van der Waals surface area contributed by atoms with E-state index < -0.39 is 0 Å². The fourth-order valence-corrected chi connectivity index (χ4v) is 2.73. The van der Waals surface area contributed by atoms with Crippen molar-refractivity contribution in [1.29, 1.82) is 0 Å². The van der Waals surface area contributed by atoms with E-state index in [1.54, 1.807) is 7.11 Å². The molecule has 0 spiro atoms. The molecule has 1 aliphatic rings. The molecule has 1 aliphatic heterocycles. The van der Waals surface area contributed by atoms with E-state index >= 15 is 0 Å². The van der Waals surface area contributed by atoms with Crippen LogP contribution in [0.25, 0.3) is 0 Å². The van der Waals surface area contributed by atoms with Gasteiger partial charge in [-0.05, 0) is 49.5 Å². The molecule has 0 aliphatic carbocycles. The smallest absolute Gasteiger partial charge is 0.234 e. The summed E-state index contributed by atoms with van der Waals surface area (Å²) in [5.41, 5.74) is 6.76. The van der Waals surface area contributed by atoms with Gasteiger partial charge in [-0.15, -0.1) is 0 Å². The zero-order chi connectivity index (χ0) is 15.1. The number of likely N-dealkylation sites (tertiary alicyclic amines) is 1. The Balaban J connectivity index is 1.76. The topological polar surface area (TPSA) is 67.6 Å². The van der Waals surface area contributed by atoms with Crippen molar-refractivity contribution in [2.45, 2.75) is 19.4 Å². The minimum Gasteiger partial charge on any atom is -0.497 e. The summed E-state index contributed by atoms with van der Waals surface area (Å²) < 4.78 is 5.17. The van der Waals surface area contributed by atoms with Crippen molar-refractivity contribution in [3.63, 3.8) is 0 Å². The average molecular weight is 291 g/mol. The highest BCUT2D eigenvalue weighted by Gasteiger charge is 2.20. The number of carbonyl (C=O) groups is 1. The lowest BCUT2D eigenvalue weighted by atomic mass is 9.98. The summed E-state index contributed by atoms with van der Waals surface area (Å²) in [7, 11) is 1.64. The van der Waals surface area contributed by atoms with Gasteiger partial charge in [0.1, 0.15) is 5.75 Å². The molecule has 21 heavy (non-hydrogen) atoms. The molecular weight excluding hydrogens is 266 g/mol. The van der Waals surface area contributed by atoms with Crippen LogP contribution in [-0.4, -0.2) is 44.1 Å². The third-order valence-corrected chi connectivity index (χ3v) is 3.93. The van der Waals surface area contributed by atoms with Crippen LogP contribution < -0.4 is 15.8 Å². The molecule has 3 N–H and O–H groups in total. The highest BCUT2D eigenvalue weighted by atomic mass is 16.5. The normalized spacial score (nSPS) is 19.2. The van der Waals surface area contributed by atoms with Crippen LogP contribution in [0.15, 0.2) is 24.3 Å². The first-order valence-corrected chi connectivity index (χ1v) is 7.53. The van der Waals surface area contributed by atoms with Gasteiger partial charge in [-0.1, -0.05) is 12.1 Å². The van der Waals surface area contributed by atoms with Gasteiger partial charge >= 0.3 is 0 Å². The highest BCUT2D eigenvalue weighted by Crippen LogP contribution is 2.15. The van der Waals surface area contributed by atoms with E-state index in [2.05, 4.69) is 10.2 Å². The maximum atomic E-state index is 12.0. The van der Waals surface area contributed by atoms with Gasteiger partial charge in [0.05, 0.1) is 13.7 Å². The predicted octanol–water partition coefficient (Wildman–Crippen LogP) is 0.982. The van der Waals surface area contributed by atoms with Crippen LogP contribution in [0.3, 0.4) is 0 Å². The highest BCUT2D eigenvalue weighted by molar-refractivity contribution is 5.78. The van der Waals surface area contributed by atoms with Gasteiger partial charge in [-0.2, -0.15) is 0 Å². The number of piperidine rings is 1. The largest absolute Gasteiger partial charge is 0.497 e. The van der Waals surface area contributed by atoms with Gasteiger partial charge in [0, 0.05) is 13.1 Å². The molecule has 1 aromatic carbocycles. The van der Waals surface area contributed by atoms with Gasteiger partial charge in [-0.25, -0.2) is 0 Å². The number of ether oxygens (including phenoxy) is 1. The first-order chi connectivity index (χ1) is 10.2. The van der Waals surface area contributed by atoms with E-state index in [1.807, 2.05) is 24.3 Å². The Kier molecular flexibility index (Phi) is 6.02. The number of nitrogens with one attached hydrogen (secondary N) is 1. The summed E-state index contributed by atoms with van der Waals surface area (Å²) in [6.07, 6.45) is 2.31. The Labute approximate surface area is 126 Å². The molecule has 1 saturated heterocycles. The molecule has 1 fully saturated rings. The Bertz CT molecular complexity index is 465. The molecule has 0 saturated carbocycles. The van der Waals surface area contributed by atoms with Crippen LogP contribution in [0.4, 0.5) is 0 Å². The minimum absolute atomic E-state index is 0.0653. The number of nitrogens with zero attached hydrogens (tertiary/aromatic N) is 1. The molecule has 1 heterocycles. The van der Waals surface area contributed by atoms with E-state index in [-0.39, 0.29) is 5.91 Å². The van der Waals surface area contributed by atoms with Crippen molar-refractivity contribution < 1.29 is 9.53 Å². The van der Waals surface area contributed by atoms with Crippen LogP contribution in [-0.2, 0) is 11.3 Å². The standard InChI is InChI=1S/C16H25N3O2/c1-21-15-6-2-4-13(8-15)10-18-16(20)12-19-7-3-5-14(9-17)11-19/h2,4,6,8,14H,3,5,7,9-12,17H2,1H3,(H,18,20). The van der Waals surface area contributed by atoms with Crippen molar-refractivity contribution in [2.24, 2.45) is 11.7 Å². The summed E-state index contributed by atoms with van der Waals surface area (Å²) >= 11 is 0. The second-order valence-electron chi connectivity index (χ2n) is 5.61. The number of rotatable bonds is 6. The average Bonchev–Trinajstić information content (AvgIpc) is 2.53. The maximum Gasteiger partial charge on any atom is 0.234 e. The monoisotopic (exact) mass is 291 g/mol. The first kappa shape index (κ1) is 15.8. The fourth-order valence-electron chi connectivity index (χ4n) is 2.73. The van der Waals surface area contributed by atoms with E-state index in [0.29, 0.717) is 25.6 Å². The van der Waals surface area contributed by atoms with Crippen LogP contribution >= 0.6 is 0 Å². The molecule has 0 aromatic heterocycles. The summed E-state index contributed by atoms with van der Waals surface area (Å²) in [5, 5.41) is 2.96. The first-order valence-electron chi connectivity index (χ1n) is 7.53. The Morgan fingerprint density at radius 1 is 1.52 bits per heavy atom. The Hall–Kier alpha value is -1.59. The lowest BCUT2D eigenvalue weighted by Crippen LogP contribution is -2.43. The van der Waals surface area contributed by atoms with Gasteiger partial charge < -0.3 is 15.8 Å².